The molecule has 122 valence electrons. The van der Waals surface area contributed by atoms with Crippen LogP contribution in [0.1, 0.15) is 49.2 Å². The van der Waals surface area contributed by atoms with Crippen LogP contribution in [0, 0.1) is 6.92 Å². The van der Waals surface area contributed by atoms with Crippen LogP contribution < -0.4 is 10.6 Å². The Balaban J connectivity index is 0.00000400. The summed E-state index contributed by atoms with van der Waals surface area (Å²) in [5, 5.41) is 7.88. The van der Waals surface area contributed by atoms with E-state index in [4.69, 9.17) is 0 Å². The summed E-state index contributed by atoms with van der Waals surface area (Å²) in [6.45, 7) is 11.3. The topological polar surface area (TPSA) is 49.3 Å². The molecule has 0 spiro atoms. The zero-order chi connectivity index (χ0) is 14.8. The van der Waals surface area contributed by atoms with Crippen LogP contribution in [-0.4, -0.2) is 30.6 Å². The highest BCUT2D eigenvalue weighted by molar-refractivity contribution is 14.0. The molecule has 0 aliphatic carbocycles. The Morgan fingerprint density at radius 3 is 2.57 bits per heavy atom. The van der Waals surface area contributed by atoms with Gasteiger partial charge in [0.05, 0.1) is 10.7 Å². The van der Waals surface area contributed by atoms with E-state index >= 15 is 0 Å². The first kappa shape index (κ1) is 20.6. The van der Waals surface area contributed by atoms with Crippen LogP contribution in [0.4, 0.5) is 0 Å². The van der Waals surface area contributed by atoms with Crippen LogP contribution in [0.5, 0.6) is 0 Å². The second kappa shape index (κ2) is 12.2. The number of aliphatic imine (C=N–C) groups is 1. The summed E-state index contributed by atoms with van der Waals surface area (Å²) in [5.74, 6) is 0.921. The average Bonchev–Trinajstić information content (AvgIpc) is 2.79. The minimum Gasteiger partial charge on any atom is -0.357 e. The van der Waals surface area contributed by atoms with Gasteiger partial charge in [-0.05, 0) is 26.7 Å². The Labute approximate surface area is 150 Å². The van der Waals surface area contributed by atoms with Gasteiger partial charge in [-0.25, -0.2) is 4.98 Å². The molecule has 2 N–H and O–H groups in total. The number of nitrogens with one attached hydrogen (secondary N) is 2. The van der Waals surface area contributed by atoms with E-state index < -0.39 is 0 Å². The predicted octanol–water partition coefficient (Wildman–Crippen LogP) is 3.53. The molecule has 21 heavy (non-hydrogen) atoms. The fourth-order valence-electron chi connectivity index (χ4n) is 1.90. The highest BCUT2D eigenvalue weighted by Crippen LogP contribution is 2.17. The van der Waals surface area contributed by atoms with E-state index in [9.17, 15) is 0 Å². The molecule has 0 fully saturated rings. The van der Waals surface area contributed by atoms with Gasteiger partial charge >= 0.3 is 0 Å². The number of halogens is 1. The smallest absolute Gasteiger partial charge is 0.191 e. The van der Waals surface area contributed by atoms with Crippen molar-refractivity contribution < 1.29 is 0 Å². The number of rotatable bonds is 8. The summed E-state index contributed by atoms with van der Waals surface area (Å²) in [6, 6.07) is 0. The van der Waals surface area contributed by atoms with Crippen molar-refractivity contribution in [2.45, 2.75) is 53.4 Å². The number of aromatic nitrogens is 1. The van der Waals surface area contributed by atoms with Gasteiger partial charge < -0.3 is 10.6 Å². The van der Waals surface area contributed by atoms with Crippen LogP contribution in [0.15, 0.2) is 4.99 Å². The first-order chi connectivity index (χ1) is 9.71. The average molecular weight is 424 g/mol. The Bertz CT molecular complexity index is 418. The maximum Gasteiger partial charge on any atom is 0.191 e. The Morgan fingerprint density at radius 2 is 2.00 bits per heavy atom. The number of aryl methyl sites for hydroxylation is 2. The van der Waals surface area contributed by atoms with Gasteiger partial charge in [0, 0.05) is 30.9 Å². The molecule has 1 aromatic heterocycles. The van der Waals surface area contributed by atoms with Gasteiger partial charge in [0.15, 0.2) is 5.96 Å². The van der Waals surface area contributed by atoms with Crippen molar-refractivity contribution in [1.29, 1.82) is 0 Å². The van der Waals surface area contributed by atoms with Crippen molar-refractivity contribution in [2.75, 3.05) is 19.6 Å². The van der Waals surface area contributed by atoms with Crippen LogP contribution in [0.2, 0.25) is 0 Å². The molecule has 0 aromatic carbocycles. The third-order valence-corrected chi connectivity index (χ3v) is 4.10. The molecule has 6 heteroatoms. The van der Waals surface area contributed by atoms with E-state index in [1.807, 2.05) is 11.3 Å². The summed E-state index contributed by atoms with van der Waals surface area (Å²) in [4.78, 5) is 10.6. The molecule has 0 aliphatic rings. The second-order valence-corrected chi connectivity index (χ2v) is 6.04. The standard InChI is InChI=1S/C15H28N4S.HI/c1-5-8-10-17-15(16-7-3)18-11-9-14-19-13(6-2)12(4)20-14;/h5-11H2,1-4H3,(H2,16,17,18);1H. The van der Waals surface area contributed by atoms with E-state index in [1.54, 1.807) is 0 Å². The summed E-state index contributed by atoms with van der Waals surface area (Å²) >= 11 is 1.81. The minimum absolute atomic E-state index is 0. The van der Waals surface area contributed by atoms with Gasteiger partial charge in [-0.3, -0.25) is 4.99 Å². The Kier molecular flexibility index (Phi) is 12.0. The number of unbranched alkanes of at least 4 members (excludes halogenated alkanes) is 1. The number of nitrogens with zero attached hydrogens (tertiary/aromatic N) is 2. The van der Waals surface area contributed by atoms with Crippen LogP contribution in [-0.2, 0) is 12.8 Å². The molecule has 0 atom stereocenters. The van der Waals surface area contributed by atoms with E-state index in [2.05, 4.69) is 48.3 Å². The van der Waals surface area contributed by atoms with E-state index in [0.29, 0.717) is 0 Å². The third kappa shape index (κ3) is 7.99. The molecule has 1 aromatic rings. The van der Waals surface area contributed by atoms with Crippen molar-refractivity contribution in [3.05, 3.63) is 15.6 Å². The van der Waals surface area contributed by atoms with Gasteiger partial charge in [-0.1, -0.05) is 20.3 Å². The molecule has 0 amide bonds. The number of thiazole rings is 1. The SMILES string of the molecule is CCCCN=C(NCC)NCCc1nc(CC)c(C)s1.I. The van der Waals surface area contributed by atoms with Crippen molar-refractivity contribution >= 4 is 41.3 Å². The first-order valence-corrected chi connectivity index (χ1v) is 8.50. The highest BCUT2D eigenvalue weighted by Gasteiger charge is 2.05. The van der Waals surface area contributed by atoms with Gasteiger partial charge in [0.2, 0.25) is 0 Å². The van der Waals surface area contributed by atoms with Crippen molar-refractivity contribution in [2.24, 2.45) is 4.99 Å². The fourth-order valence-corrected chi connectivity index (χ4v) is 2.92. The normalized spacial score (nSPS) is 11.1. The number of hydrogen-bond donors (Lipinski definition) is 2. The maximum absolute atomic E-state index is 4.66. The Morgan fingerprint density at radius 1 is 1.24 bits per heavy atom. The van der Waals surface area contributed by atoms with Crippen LogP contribution in [0.3, 0.4) is 0 Å². The molecule has 0 saturated carbocycles. The lowest BCUT2D eigenvalue weighted by Crippen LogP contribution is -2.38. The number of guanidine groups is 1. The van der Waals surface area contributed by atoms with Gasteiger partial charge in [0.25, 0.3) is 0 Å². The molecule has 4 nitrogen and oxygen atoms in total. The van der Waals surface area contributed by atoms with Crippen LogP contribution in [0.25, 0.3) is 0 Å². The van der Waals surface area contributed by atoms with Crippen molar-refractivity contribution in [3.8, 4) is 0 Å². The molecule has 0 saturated heterocycles. The van der Waals surface area contributed by atoms with Crippen LogP contribution >= 0.6 is 35.3 Å². The van der Waals surface area contributed by atoms with Gasteiger partial charge in [-0.15, -0.1) is 35.3 Å². The second-order valence-electron chi connectivity index (χ2n) is 4.76. The molecule has 0 unspecified atom stereocenters. The third-order valence-electron chi connectivity index (χ3n) is 3.03. The predicted molar refractivity (Wildman–Crippen MR) is 104 cm³/mol. The Hall–Kier alpha value is -0.370. The summed E-state index contributed by atoms with van der Waals surface area (Å²) in [5.41, 5.74) is 1.24. The zero-order valence-electron chi connectivity index (χ0n) is 13.7. The molecule has 0 bridgehead atoms. The lowest BCUT2D eigenvalue weighted by atomic mass is 10.3. The summed E-state index contributed by atoms with van der Waals surface area (Å²) in [6.07, 6.45) is 4.31. The quantitative estimate of drug-likeness (QED) is 0.291. The van der Waals surface area contributed by atoms with E-state index in [1.165, 1.54) is 22.0 Å². The molecule has 1 rings (SSSR count). The molecule has 0 aliphatic heterocycles. The fraction of sp³-hybridized carbons (Fsp3) is 0.733. The monoisotopic (exact) mass is 424 g/mol. The molecular formula is C15H29IN4S. The molecule has 0 radical (unpaired) electrons. The van der Waals surface area contributed by atoms with Crippen molar-refractivity contribution in [1.82, 2.24) is 15.6 Å². The summed E-state index contributed by atoms with van der Waals surface area (Å²) < 4.78 is 0. The minimum atomic E-state index is 0. The molecular weight excluding hydrogens is 395 g/mol. The number of hydrogen-bond acceptors (Lipinski definition) is 3. The zero-order valence-corrected chi connectivity index (χ0v) is 16.8. The van der Waals surface area contributed by atoms with Crippen molar-refractivity contribution in [3.63, 3.8) is 0 Å². The van der Waals surface area contributed by atoms with E-state index in [0.717, 1.165) is 44.9 Å². The summed E-state index contributed by atoms with van der Waals surface area (Å²) in [7, 11) is 0. The lowest BCUT2D eigenvalue weighted by Gasteiger charge is -2.10. The first-order valence-electron chi connectivity index (χ1n) is 7.68. The lowest BCUT2D eigenvalue weighted by molar-refractivity contribution is 0.765. The van der Waals surface area contributed by atoms with E-state index in [-0.39, 0.29) is 24.0 Å². The van der Waals surface area contributed by atoms with Gasteiger partial charge in [-0.2, -0.15) is 0 Å². The maximum atomic E-state index is 4.66. The largest absolute Gasteiger partial charge is 0.357 e. The molecule has 1 heterocycles. The highest BCUT2D eigenvalue weighted by atomic mass is 127. The van der Waals surface area contributed by atoms with Gasteiger partial charge in [0.1, 0.15) is 0 Å².